The minimum absolute atomic E-state index is 0.765. The predicted octanol–water partition coefficient (Wildman–Crippen LogP) is 2.68. The summed E-state index contributed by atoms with van der Waals surface area (Å²) >= 11 is 0. The number of hydrogen-bond acceptors (Lipinski definition) is 3. The van der Waals surface area contributed by atoms with E-state index < -0.39 is 7.36 Å². The zero-order chi connectivity index (χ0) is 17.8. The highest BCUT2D eigenvalue weighted by molar-refractivity contribution is 7.69. The minimum Gasteiger partial charge on any atom is -0.379 e. The topological polar surface area (TPSA) is 42.2 Å². The van der Waals surface area contributed by atoms with Gasteiger partial charge in [-0.3, -0.25) is 0 Å². The Labute approximate surface area is 155 Å². The molecule has 2 aliphatic heterocycles. The van der Waals surface area contributed by atoms with Crippen LogP contribution in [0.25, 0.3) is 0 Å². The van der Waals surface area contributed by atoms with E-state index in [4.69, 9.17) is 14.2 Å². The highest BCUT2D eigenvalue weighted by Gasteiger charge is 2.39. The maximum absolute atomic E-state index is 5.66. The number of nitrogens with zero attached hydrogens (tertiary/aromatic N) is 4. The molecule has 0 amide bonds. The Bertz CT molecular complexity index is 743. The molecule has 0 unspecified atom stereocenters. The molecule has 0 radical (unpaired) electrons. The molecular formula is C19H27N4O2P. The maximum Gasteiger partial charge on any atom is 0.148 e. The molecule has 0 atom stereocenters. The quantitative estimate of drug-likeness (QED) is 0.772. The molecule has 4 rings (SSSR count). The van der Waals surface area contributed by atoms with Crippen molar-refractivity contribution in [3.05, 3.63) is 48.7 Å². The lowest BCUT2D eigenvalue weighted by atomic mass is 10.3. The van der Waals surface area contributed by atoms with Gasteiger partial charge in [-0.25, -0.2) is 14.1 Å². The summed E-state index contributed by atoms with van der Waals surface area (Å²) in [6.45, 7) is 6.70. The largest absolute Gasteiger partial charge is 0.379 e. The number of benzene rings is 1. The van der Waals surface area contributed by atoms with Crippen molar-refractivity contribution < 1.29 is 9.47 Å². The molecule has 140 valence electrons. The molecule has 1 aromatic carbocycles. The Hall–Kier alpha value is -1.43. The average Bonchev–Trinajstić information content (AvgIpc) is 3.14. The third kappa shape index (κ3) is 3.40. The predicted molar refractivity (Wildman–Crippen MR) is 105 cm³/mol. The molecule has 0 N–H and O–H groups in total. The van der Waals surface area contributed by atoms with E-state index >= 15 is 0 Å². The fourth-order valence-electron chi connectivity index (χ4n) is 3.73. The minimum atomic E-state index is -2.12. The molecule has 0 aliphatic carbocycles. The third-order valence-corrected chi connectivity index (χ3v) is 8.97. The Kier molecular flexibility index (Phi) is 5.57. The van der Waals surface area contributed by atoms with Gasteiger partial charge in [0, 0.05) is 39.4 Å². The summed E-state index contributed by atoms with van der Waals surface area (Å²) in [5, 5.41) is 0. The van der Waals surface area contributed by atoms with Crippen molar-refractivity contribution in [2.24, 2.45) is 11.8 Å². The molecule has 26 heavy (non-hydrogen) atoms. The molecule has 2 aliphatic rings. The Morgan fingerprint density at radius 2 is 1.38 bits per heavy atom. The smallest absolute Gasteiger partial charge is 0.148 e. The molecule has 0 saturated carbocycles. The van der Waals surface area contributed by atoms with Crippen molar-refractivity contribution in [2.75, 3.05) is 52.6 Å². The lowest BCUT2D eigenvalue weighted by Gasteiger charge is -2.46. The van der Waals surface area contributed by atoms with Gasteiger partial charge in [-0.05, 0) is 24.3 Å². The van der Waals surface area contributed by atoms with E-state index in [1.165, 1.54) is 5.44 Å². The fraction of sp³-hybridized carbons (Fsp3) is 0.474. The van der Waals surface area contributed by atoms with Crippen molar-refractivity contribution in [3.8, 4) is 0 Å². The van der Waals surface area contributed by atoms with Gasteiger partial charge in [0.05, 0.1) is 37.5 Å². The summed E-state index contributed by atoms with van der Waals surface area (Å²) in [5.74, 6) is 0. The van der Waals surface area contributed by atoms with E-state index in [9.17, 15) is 0 Å². The SMILES string of the molecule is Cn1cccc1P(=Nc1ccccc1)(N1CCOCC1)N1CCOCC1. The van der Waals surface area contributed by atoms with Crippen LogP contribution in [-0.4, -0.2) is 66.5 Å². The zero-order valence-electron chi connectivity index (χ0n) is 15.3. The van der Waals surface area contributed by atoms with Crippen LogP contribution in [0, 0.1) is 0 Å². The molecule has 1 aromatic heterocycles. The van der Waals surface area contributed by atoms with Crippen LogP contribution in [-0.2, 0) is 16.5 Å². The lowest BCUT2D eigenvalue weighted by molar-refractivity contribution is 0.0577. The van der Waals surface area contributed by atoms with Gasteiger partial charge in [0.25, 0.3) is 0 Å². The van der Waals surface area contributed by atoms with E-state index in [1.54, 1.807) is 0 Å². The maximum atomic E-state index is 5.66. The first kappa shape index (κ1) is 18.0. The zero-order valence-corrected chi connectivity index (χ0v) is 16.2. The van der Waals surface area contributed by atoms with Crippen molar-refractivity contribution >= 4 is 18.5 Å². The third-order valence-electron chi connectivity index (χ3n) is 5.00. The Morgan fingerprint density at radius 3 is 1.88 bits per heavy atom. The second-order valence-electron chi connectivity index (χ2n) is 6.61. The monoisotopic (exact) mass is 374 g/mol. The number of morpholine rings is 2. The number of rotatable bonds is 4. The van der Waals surface area contributed by atoms with Gasteiger partial charge < -0.3 is 14.0 Å². The first-order valence-corrected chi connectivity index (χ1v) is 10.9. The average molecular weight is 374 g/mol. The van der Waals surface area contributed by atoms with Gasteiger partial charge in [0.2, 0.25) is 0 Å². The van der Waals surface area contributed by atoms with Crippen LogP contribution < -0.4 is 5.44 Å². The molecule has 0 bridgehead atoms. The molecule has 7 heteroatoms. The highest BCUT2D eigenvalue weighted by atomic mass is 31.2. The summed E-state index contributed by atoms with van der Waals surface area (Å²) in [5.41, 5.74) is 2.34. The van der Waals surface area contributed by atoms with Gasteiger partial charge in [-0.1, -0.05) is 18.2 Å². The van der Waals surface area contributed by atoms with Crippen LogP contribution in [0.3, 0.4) is 0 Å². The van der Waals surface area contributed by atoms with Crippen molar-refractivity contribution in [3.63, 3.8) is 0 Å². The van der Waals surface area contributed by atoms with Crippen LogP contribution in [0.5, 0.6) is 0 Å². The van der Waals surface area contributed by atoms with Crippen LogP contribution in [0.2, 0.25) is 0 Å². The van der Waals surface area contributed by atoms with Crippen LogP contribution >= 0.6 is 7.36 Å². The van der Waals surface area contributed by atoms with Gasteiger partial charge in [-0.15, -0.1) is 0 Å². The van der Waals surface area contributed by atoms with Crippen LogP contribution in [0.15, 0.2) is 53.4 Å². The van der Waals surface area contributed by atoms with Gasteiger partial charge in [0.15, 0.2) is 0 Å². The number of ether oxygens (including phenoxy) is 2. The standard InChI is InChI=1S/C19H27N4O2P/c1-21-9-5-8-19(21)26(22-10-14-24-15-11-22,23-12-16-25-17-13-23)20-18-6-3-2-4-7-18/h2-9H,10-17H2,1H3. The van der Waals surface area contributed by atoms with E-state index in [0.717, 1.165) is 58.3 Å². The number of aryl methyl sites for hydroxylation is 1. The van der Waals surface area contributed by atoms with Crippen molar-refractivity contribution in [1.29, 1.82) is 0 Å². The van der Waals surface area contributed by atoms with Gasteiger partial charge in [0.1, 0.15) is 7.36 Å². The summed E-state index contributed by atoms with van der Waals surface area (Å²) in [4.78, 5) is 0. The van der Waals surface area contributed by atoms with E-state index in [0.29, 0.717) is 0 Å². The first-order chi connectivity index (χ1) is 12.8. The van der Waals surface area contributed by atoms with Gasteiger partial charge in [-0.2, -0.15) is 0 Å². The normalized spacial score (nSPS) is 20.2. The van der Waals surface area contributed by atoms with Crippen LogP contribution in [0.4, 0.5) is 5.69 Å². The van der Waals surface area contributed by atoms with Crippen LogP contribution in [0.1, 0.15) is 0 Å². The molecule has 2 saturated heterocycles. The molecule has 3 heterocycles. The van der Waals surface area contributed by atoms with E-state index in [1.807, 2.05) is 6.07 Å². The van der Waals surface area contributed by atoms with Crippen molar-refractivity contribution in [1.82, 2.24) is 13.9 Å². The van der Waals surface area contributed by atoms with E-state index in [2.05, 4.69) is 63.6 Å². The van der Waals surface area contributed by atoms with Gasteiger partial charge >= 0.3 is 0 Å². The Morgan fingerprint density at radius 1 is 0.808 bits per heavy atom. The second kappa shape index (κ2) is 8.07. The van der Waals surface area contributed by atoms with E-state index in [-0.39, 0.29) is 0 Å². The summed E-state index contributed by atoms with van der Waals surface area (Å²) < 4.78 is 24.2. The molecule has 6 nitrogen and oxygen atoms in total. The summed E-state index contributed by atoms with van der Waals surface area (Å²) in [6, 6.07) is 14.8. The molecule has 2 aromatic rings. The number of aromatic nitrogens is 1. The molecule has 0 spiro atoms. The molecule has 2 fully saturated rings. The van der Waals surface area contributed by atoms with Crippen molar-refractivity contribution in [2.45, 2.75) is 0 Å². The number of hydrogen-bond donors (Lipinski definition) is 0. The summed E-state index contributed by atoms with van der Waals surface area (Å²) in [6.07, 6.45) is 2.13. The molecular weight excluding hydrogens is 347 g/mol. The first-order valence-electron chi connectivity index (χ1n) is 9.26. The summed E-state index contributed by atoms with van der Waals surface area (Å²) in [7, 11) is 0.0140. The highest BCUT2D eigenvalue weighted by Crippen LogP contribution is 2.57. The second-order valence-corrected chi connectivity index (χ2v) is 9.54. The lowest BCUT2D eigenvalue weighted by Crippen LogP contribution is -2.47. The fourth-order valence-corrected chi connectivity index (χ4v) is 7.70. The Balaban J connectivity index is 1.92.